The van der Waals surface area contributed by atoms with E-state index in [1.807, 2.05) is 12.1 Å². The number of aromatic nitrogens is 1. The van der Waals surface area contributed by atoms with Crippen LogP contribution in [0.15, 0.2) is 47.3 Å². The molecule has 21 heavy (non-hydrogen) atoms. The maximum Gasteiger partial charge on any atom is 0.295 e. The molecule has 0 amide bonds. The van der Waals surface area contributed by atoms with E-state index in [4.69, 9.17) is 0 Å². The lowest BCUT2D eigenvalue weighted by molar-refractivity contribution is -0.383. The molecule has 0 unspecified atom stereocenters. The number of para-hydroxylation sites is 1. The first kappa shape index (κ1) is 13.5. The summed E-state index contributed by atoms with van der Waals surface area (Å²) in [4.78, 5) is 14.8. The standard InChI is InChI=1S/C15H13N3O2S/c19-18(20)14-3-1-2-12-13(5-8-17-15(12)14)16-7-4-11-6-9-21-10-11/h1-3,5-6,8-10H,4,7H2,(H,16,17). The molecule has 0 aliphatic heterocycles. The summed E-state index contributed by atoms with van der Waals surface area (Å²) in [6, 6.07) is 8.96. The maximum absolute atomic E-state index is 11.0. The number of rotatable bonds is 5. The molecule has 3 aromatic rings. The molecule has 106 valence electrons. The number of hydrogen-bond donors (Lipinski definition) is 1. The first-order chi connectivity index (χ1) is 10.3. The molecular weight excluding hydrogens is 286 g/mol. The Morgan fingerprint density at radius 2 is 2.19 bits per heavy atom. The van der Waals surface area contributed by atoms with Gasteiger partial charge < -0.3 is 5.32 Å². The lowest BCUT2D eigenvalue weighted by Gasteiger charge is -2.09. The van der Waals surface area contributed by atoms with E-state index in [0.29, 0.717) is 5.52 Å². The van der Waals surface area contributed by atoms with E-state index in [2.05, 4.69) is 27.1 Å². The van der Waals surface area contributed by atoms with Crippen molar-refractivity contribution in [1.29, 1.82) is 0 Å². The molecule has 5 nitrogen and oxygen atoms in total. The van der Waals surface area contributed by atoms with Gasteiger partial charge in [-0.1, -0.05) is 12.1 Å². The Hall–Kier alpha value is -2.47. The van der Waals surface area contributed by atoms with Crippen molar-refractivity contribution >= 4 is 33.6 Å². The second kappa shape index (κ2) is 5.88. The monoisotopic (exact) mass is 299 g/mol. The molecular formula is C15H13N3O2S. The number of nitro groups is 1. The SMILES string of the molecule is O=[N+]([O-])c1cccc2c(NCCc3ccsc3)ccnc12. The minimum atomic E-state index is -0.398. The number of pyridine rings is 1. The van der Waals surface area contributed by atoms with Gasteiger partial charge in [-0.15, -0.1) is 0 Å². The topological polar surface area (TPSA) is 68.1 Å². The number of hydrogen-bond acceptors (Lipinski definition) is 5. The highest BCUT2D eigenvalue weighted by molar-refractivity contribution is 7.07. The highest BCUT2D eigenvalue weighted by Gasteiger charge is 2.14. The predicted octanol–water partition coefficient (Wildman–Crippen LogP) is 3.86. The molecule has 0 saturated carbocycles. The predicted molar refractivity (Wildman–Crippen MR) is 84.9 cm³/mol. The first-order valence-corrected chi connectivity index (χ1v) is 7.47. The fourth-order valence-electron chi connectivity index (χ4n) is 2.24. The van der Waals surface area contributed by atoms with Crippen molar-refractivity contribution in [3.8, 4) is 0 Å². The van der Waals surface area contributed by atoms with Crippen molar-refractivity contribution in [2.75, 3.05) is 11.9 Å². The quantitative estimate of drug-likeness (QED) is 0.574. The number of fused-ring (bicyclic) bond motifs is 1. The van der Waals surface area contributed by atoms with Crippen LogP contribution in [0.3, 0.4) is 0 Å². The Kier molecular flexibility index (Phi) is 3.79. The number of non-ortho nitro benzene ring substituents is 1. The van der Waals surface area contributed by atoms with Crippen molar-refractivity contribution in [1.82, 2.24) is 4.98 Å². The third-order valence-corrected chi connectivity index (χ3v) is 3.99. The summed E-state index contributed by atoms with van der Waals surface area (Å²) in [5.41, 5.74) is 2.62. The van der Waals surface area contributed by atoms with Crippen molar-refractivity contribution in [3.63, 3.8) is 0 Å². The van der Waals surface area contributed by atoms with Gasteiger partial charge >= 0.3 is 0 Å². The Bertz CT molecular complexity index is 772. The lowest BCUT2D eigenvalue weighted by atomic mass is 10.1. The summed E-state index contributed by atoms with van der Waals surface area (Å²) in [7, 11) is 0. The maximum atomic E-state index is 11.0. The number of anilines is 1. The third-order valence-electron chi connectivity index (χ3n) is 3.26. The van der Waals surface area contributed by atoms with Crippen LogP contribution in [0.1, 0.15) is 5.56 Å². The normalized spacial score (nSPS) is 10.7. The minimum Gasteiger partial charge on any atom is -0.384 e. The Balaban J connectivity index is 1.85. The van der Waals surface area contributed by atoms with Crippen LogP contribution in [-0.4, -0.2) is 16.5 Å². The smallest absolute Gasteiger partial charge is 0.295 e. The van der Waals surface area contributed by atoms with Crippen LogP contribution in [0, 0.1) is 10.1 Å². The van der Waals surface area contributed by atoms with Crippen LogP contribution in [0.25, 0.3) is 10.9 Å². The van der Waals surface area contributed by atoms with Crippen molar-refractivity contribution in [3.05, 3.63) is 63.0 Å². The summed E-state index contributed by atoms with van der Waals surface area (Å²) in [6.07, 6.45) is 2.52. The third kappa shape index (κ3) is 2.85. The summed E-state index contributed by atoms with van der Waals surface area (Å²) in [6.45, 7) is 0.776. The van der Waals surface area contributed by atoms with Crippen LogP contribution in [-0.2, 0) is 6.42 Å². The van der Waals surface area contributed by atoms with Crippen LogP contribution < -0.4 is 5.32 Å². The van der Waals surface area contributed by atoms with Gasteiger partial charge in [0.2, 0.25) is 0 Å². The van der Waals surface area contributed by atoms with Gasteiger partial charge in [0.25, 0.3) is 5.69 Å². The van der Waals surface area contributed by atoms with Gasteiger partial charge in [-0.05, 0) is 34.9 Å². The van der Waals surface area contributed by atoms with E-state index in [0.717, 1.165) is 24.0 Å². The molecule has 2 aromatic heterocycles. The zero-order chi connectivity index (χ0) is 14.7. The molecule has 6 heteroatoms. The molecule has 0 bridgehead atoms. The Morgan fingerprint density at radius 1 is 1.29 bits per heavy atom. The fourth-order valence-corrected chi connectivity index (χ4v) is 2.94. The second-order valence-electron chi connectivity index (χ2n) is 4.60. The number of nitrogens with one attached hydrogen (secondary N) is 1. The average Bonchev–Trinajstić information content (AvgIpc) is 3.00. The van der Waals surface area contributed by atoms with E-state index in [-0.39, 0.29) is 5.69 Å². The largest absolute Gasteiger partial charge is 0.384 e. The second-order valence-corrected chi connectivity index (χ2v) is 5.38. The van der Waals surface area contributed by atoms with Crippen LogP contribution in [0.2, 0.25) is 0 Å². The van der Waals surface area contributed by atoms with E-state index in [1.54, 1.807) is 23.6 Å². The van der Waals surface area contributed by atoms with E-state index >= 15 is 0 Å². The summed E-state index contributed by atoms with van der Waals surface area (Å²) in [5.74, 6) is 0. The highest BCUT2D eigenvalue weighted by atomic mass is 32.1. The highest BCUT2D eigenvalue weighted by Crippen LogP contribution is 2.28. The molecule has 3 rings (SSSR count). The van der Waals surface area contributed by atoms with E-state index in [9.17, 15) is 10.1 Å². The molecule has 0 atom stereocenters. The molecule has 2 heterocycles. The van der Waals surface area contributed by atoms with Crippen LogP contribution in [0.4, 0.5) is 11.4 Å². The average molecular weight is 299 g/mol. The lowest BCUT2D eigenvalue weighted by Crippen LogP contribution is -2.05. The van der Waals surface area contributed by atoms with Gasteiger partial charge in [-0.3, -0.25) is 10.1 Å². The Morgan fingerprint density at radius 3 is 2.95 bits per heavy atom. The van der Waals surface area contributed by atoms with Crippen molar-refractivity contribution in [2.45, 2.75) is 6.42 Å². The zero-order valence-electron chi connectivity index (χ0n) is 11.2. The summed E-state index contributed by atoms with van der Waals surface area (Å²) < 4.78 is 0. The van der Waals surface area contributed by atoms with E-state index in [1.165, 1.54) is 11.6 Å². The number of benzene rings is 1. The van der Waals surface area contributed by atoms with Gasteiger partial charge in [-0.25, -0.2) is 4.98 Å². The van der Waals surface area contributed by atoms with Gasteiger partial charge in [0, 0.05) is 29.9 Å². The molecule has 0 saturated heterocycles. The molecule has 0 spiro atoms. The van der Waals surface area contributed by atoms with E-state index < -0.39 is 4.92 Å². The summed E-state index contributed by atoms with van der Waals surface area (Å²) >= 11 is 1.68. The molecule has 1 aromatic carbocycles. The number of nitrogens with zero attached hydrogens (tertiary/aromatic N) is 2. The molecule has 0 fully saturated rings. The van der Waals surface area contributed by atoms with Gasteiger partial charge in [0.1, 0.15) is 5.52 Å². The molecule has 1 N–H and O–H groups in total. The zero-order valence-corrected chi connectivity index (χ0v) is 12.0. The molecule has 0 aliphatic carbocycles. The number of thiophene rings is 1. The minimum absolute atomic E-state index is 0.0361. The molecule has 0 aliphatic rings. The molecule has 0 radical (unpaired) electrons. The Labute approximate surface area is 125 Å². The van der Waals surface area contributed by atoms with Crippen LogP contribution >= 0.6 is 11.3 Å². The van der Waals surface area contributed by atoms with Crippen LogP contribution in [0.5, 0.6) is 0 Å². The number of nitro benzene ring substituents is 1. The first-order valence-electron chi connectivity index (χ1n) is 6.53. The van der Waals surface area contributed by atoms with Gasteiger partial charge in [0.05, 0.1) is 4.92 Å². The van der Waals surface area contributed by atoms with Gasteiger partial charge in [0.15, 0.2) is 0 Å². The van der Waals surface area contributed by atoms with Gasteiger partial charge in [-0.2, -0.15) is 11.3 Å². The van der Waals surface area contributed by atoms with Crippen molar-refractivity contribution < 1.29 is 4.92 Å². The fraction of sp³-hybridized carbons (Fsp3) is 0.133. The summed E-state index contributed by atoms with van der Waals surface area (Å²) in [5, 5.41) is 19.3. The van der Waals surface area contributed by atoms with Crippen molar-refractivity contribution in [2.24, 2.45) is 0 Å².